The second-order valence-corrected chi connectivity index (χ2v) is 3.02. The molecule has 0 amide bonds. The van der Waals surface area contributed by atoms with E-state index in [1.54, 1.807) is 6.21 Å². The second-order valence-electron chi connectivity index (χ2n) is 2.74. The summed E-state index contributed by atoms with van der Waals surface area (Å²) in [5.74, 6) is 0. The first kappa shape index (κ1) is 8.93. The van der Waals surface area contributed by atoms with Crippen molar-refractivity contribution in [3.63, 3.8) is 0 Å². The van der Waals surface area contributed by atoms with Gasteiger partial charge in [0.05, 0.1) is 0 Å². The third kappa shape index (κ3) is 7.93. The van der Waals surface area contributed by atoms with Crippen molar-refractivity contribution in [3.05, 3.63) is 0 Å². The van der Waals surface area contributed by atoms with Crippen LogP contribution < -0.4 is 0 Å². The summed E-state index contributed by atoms with van der Waals surface area (Å²) in [6.07, 6.45) is 1.68. The van der Waals surface area contributed by atoms with Crippen LogP contribution in [0.5, 0.6) is 0 Å². The fourth-order valence-electron chi connectivity index (χ4n) is 0.197. The molecule has 0 atom stereocenters. The van der Waals surface area contributed by atoms with Crippen LogP contribution in [-0.2, 0) is 24.0 Å². The minimum atomic E-state index is 0.0574. The van der Waals surface area contributed by atoms with Gasteiger partial charge in [-0.3, -0.25) is 0 Å². The van der Waals surface area contributed by atoms with Crippen molar-refractivity contribution < 1.29 is 24.0 Å². The Labute approximate surface area is 65.7 Å². The zero-order valence-corrected chi connectivity index (χ0v) is 7.25. The van der Waals surface area contributed by atoms with Gasteiger partial charge in [-0.1, -0.05) is 0 Å². The summed E-state index contributed by atoms with van der Waals surface area (Å²) < 4.78 is 3.19. The van der Waals surface area contributed by atoms with Crippen LogP contribution in [0, 0.1) is 5.41 Å². The molecule has 0 aromatic carbocycles. The van der Waals surface area contributed by atoms with Gasteiger partial charge in [0.1, 0.15) is 0 Å². The summed E-state index contributed by atoms with van der Waals surface area (Å²) >= 11 is 2.47. The van der Waals surface area contributed by atoms with Gasteiger partial charge in [-0.25, -0.2) is 0 Å². The molecule has 56 valence electrons. The van der Waals surface area contributed by atoms with Crippen LogP contribution in [0.25, 0.3) is 0 Å². The van der Waals surface area contributed by atoms with Gasteiger partial charge in [-0.05, 0) is 0 Å². The molecule has 9 heavy (non-hydrogen) atoms. The molecule has 0 spiro atoms. The quantitative estimate of drug-likeness (QED) is 0.396. The first-order chi connectivity index (χ1) is 4.06. The summed E-state index contributed by atoms with van der Waals surface area (Å²) in [5, 5.41) is 3.53. The molecule has 0 bridgehead atoms. The topological polar surface area (TPSA) is 34.0 Å². The van der Waals surface area contributed by atoms with Crippen LogP contribution in [0.4, 0.5) is 0 Å². The predicted molar refractivity (Wildman–Crippen MR) is 31.5 cm³/mol. The Morgan fingerprint density at radius 3 is 2.33 bits per heavy atom. The molecule has 0 aliphatic heterocycles. The predicted octanol–water partition coefficient (Wildman–Crippen LogP) is 1.68. The van der Waals surface area contributed by atoms with Crippen molar-refractivity contribution in [3.8, 4) is 0 Å². The van der Waals surface area contributed by atoms with E-state index in [1.807, 2.05) is 20.8 Å². The zero-order chi connectivity index (χ0) is 7.33. The van der Waals surface area contributed by atoms with Crippen molar-refractivity contribution in [2.24, 2.45) is 14.3 Å². The molecule has 0 aliphatic carbocycles. The Bertz CT molecular complexity index is 117. The molecule has 0 aromatic rings. The Hall–Kier alpha value is -0.0677. The van der Waals surface area contributed by atoms with Crippen LogP contribution >= 0.6 is 0 Å². The van der Waals surface area contributed by atoms with Crippen LogP contribution in [0.1, 0.15) is 20.8 Å². The van der Waals surface area contributed by atoms with Crippen molar-refractivity contribution in [1.29, 1.82) is 0 Å². The van der Waals surface area contributed by atoms with Gasteiger partial charge in [0, 0.05) is 0 Å². The Balaban J connectivity index is 3.57. The van der Waals surface area contributed by atoms with Crippen LogP contribution in [0.2, 0.25) is 0 Å². The Kier molecular flexibility index (Phi) is 3.84. The first-order valence-electron chi connectivity index (χ1n) is 2.55. The molecule has 0 aliphatic rings. The van der Waals surface area contributed by atoms with Gasteiger partial charge < -0.3 is 0 Å². The maximum absolute atomic E-state index is 4.34. The molecule has 0 aromatic heterocycles. The zero-order valence-electron chi connectivity index (χ0n) is 5.70. The molecule has 0 fully saturated rings. The van der Waals surface area contributed by atoms with Crippen molar-refractivity contribution >= 4 is 6.21 Å². The van der Waals surface area contributed by atoms with Crippen molar-refractivity contribution in [2.45, 2.75) is 20.8 Å². The summed E-state index contributed by atoms with van der Waals surface area (Å²) in [6.45, 7) is 6.07. The third-order valence-electron chi connectivity index (χ3n) is 0.513. The Morgan fingerprint density at radius 2 is 2.00 bits per heavy atom. The fourth-order valence-corrected chi connectivity index (χ4v) is 0.270. The van der Waals surface area contributed by atoms with E-state index in [0.29, 0.717) is 0 Å². The first-order valence-corrected chi connectivity index (χ1v) is 3.25. The number of hydrogen-bond acceptors (Lipinski definition) is 3. The molecule has 0 rings (SSSR count). The fraction of sp³-hybridized carbons (Fsp3) is 0.800. The average Bonchev–Trinajstić information content (AvgIpc) is 1.63. The molecule has 4 heteroatoms. The van der Waals surface area contributed by atoms with Gasteiger partial charge >= 0.3 is 65.2 Å². The maximum atomic E-state index is 4.34. The molecule has 0 radical (unpaired) electrons. The van der Waals surface area contributed by atoms with Crippen LogP contribution in [0.15, 0.2) is 8.89 Å². The molecule has 0 saturated heterocycles. The molecular weight excluding hydrogens is 210 g/mol. The molecular formula is C5H10N2OPd. The number of rotatable bonds is 2. The summed E-state index contributed by atoms with van der Waals surface area (Å²) in [5.41, 5.74) is 0.0574. The van der Waals surface area contributed by atoms with Gasteiger partial charge in [0.2, 0.25) is 0 Å². The number of oxime groups is 1. The summed E-state index contributed by atoms with van der Waals surface area (Å²) in [4.78, 5) is 4.34. The Morgan fingerprint density at radius 1 is 1.44 bits per heavy atom. The normalized spacial score (nSPS) is 12.1. The standard InChI is InChI=1S/C5H10N2O.Pd/c1-5(2,3)4-7-8-6;/h4H,1-3H3;/b7-4+;. The van der Waals surface area contributed by atoms with E-state index in [-0.39, 0.29) is 5.41 Å². The van der Waals surface area contributed by atoms with E-state index in [9.17, 15) is 0 Å². The van der Waals surface area contributed by atoms with Crippen molar-refractivity contribution in [1.82, 2.24) is 0 Å². The van der Waals surface area contributed by atoms with Gasteiger partial charge in [-0.2, -0.15) is 0 Å². The molecule has 0 saturated carbocycles. The van der Waals surface area contributed by atoms with Crippen molar-refractivity contribution in [2.75, 3.05) is 0 Å². The molecule has 0 N–H and O–H groups in total. The SMILES string of the molecule is CC(C)(C)/C=N/O[N]=[Pd]. The van der Waals surface area contributed by atoms with E-state index >= 15 is 0 Å². The monoisotopic (exact) mass is 220 g/mol. The van der Waals surface area contributed by atoms with Crippen LogP contribution in [0.3, 0.4) is 0 Å². The second kappa shape index (κ2) is 3.86. The third-order valence-corrected chi connectivity index (χ3v) is 0.640. The van der Waals surface area contributed by atoms with E-state index in [0.717, 1.165) is 0 Å². The summed E-state index contributed by atoms with van der Waals surface area (Å²) in [7, 11) is 0. The van der Waals surface area contributed by atoms with E-state index in [1.165, 1.54) is 0 Å². The van der Waals surface area contributed by atoms with Crippen LogP contribution in [-0.4, -0.2) is 6.21 Å². The number of hydrogen-bond donors (Lipinski definition) is 0. The average molecular weight is 221 g/mol. The van der Waals surface area contributed by atoms with E-state index < -0.39 is 0 Å². The molecule has 3 nitrogen and oxygen atoms in total. The van der Waals surface area contributed by atoms with Gasteiger partial charge in [0.25, 0.3) is 0 Å². The molecule has 0 heterocycles. The minimum absolute atomic E-state index is 0.0574. The van der Waals surface area contributed by atoms with E-state index in [2.05, 4.69) is 32.8 Å². The van der Waals surface area contributed by atoms with Gasteiger partial charge in [0.15, 0.2) is 0 Å². The van der Waals surface area contributed by atoms with Gasteiger partial charge in [-0.15, -0.1) is 0 Å². The number of nitrogens with zero attached hydrogens (tertiary/aromatic N) is 2. The van der Waals surface area contributed by atoms with E-state index in [4.69, 9.17) is 0 Å². The summed E-state index contributed by atoms with van der Waals surface area (Å²) in [6, 6.07) is 0. The molecule has 0 unspecified atom stereocenters.